The second kappa shape index (κ2) is 5.45. The zero-order valence-electron chi connectivity index (χ0n) is 9.81. The molecular weight excluding hydrogens is 342 g/mol. The number of rotatable bonds is 2. The lowest BCUT2D eigenvalue weighted by Gasteiger charge is -1.94. The molecule has 2 aromatic carbocycles. The molecule has 3 rings (SSSR count). The van der Waals surface area contributed by atoms with Gasteiger partial charge < -0.3 is 0 Å². The molecule has 0 fully saturated rings. The molecule has 3 aromatic rings. The number of nitrogens with zero attached hydrogens (tertiary/aromatic N) is 1. The van der Waals surface area contributed by atoms with Crippen LogP contribution in [0.15, 0.2) is 46.9 Å². The van der Waals surface area contributed by atoms with Crippen LogP contribution in [0.2, 0.25) is 5.02 Å². The second-order valence-electron chi connectivity index (χ2n) is 4.09. The molecule has 0 N–H and O–H groups in total. The summed E-state index contributed by atoms with van der Waals surface area (Å²) in [5, 5.41) is 1.93. The molecule has 1 heterocycles. The van der Waals surface area contributed by atoms with Gasteiger partial charge >= 0.3 is 0 Å². The zero-order chi connectivity index (χ0) is 13.2. The highest BCUT2D eigenvalue weighted by Crippen LogP contribution is 2.27. The molecule has 0 bridgehead atoms. The number of halogens is 2. The van der Waals surface area contributed by atoms with Crippen molar-refractivity contribution in [1.29, 1.82) is 0 Å². The highest BCUT2D eigenvalue weighted by atomic mass is 79.9. The molecule has 0 unspecified atom stereocenters. The monoisotopic (exact) mass is 349 g/mol. The molecule has 0 radical (unpaired) electrons. The van der Waals surface area contributed by atoms with E-state index in [1.54, 1.807) is 0 Å². The minimum atomic E-state index is 0.751. The van der Waals surface area contributed by atoms with Crippen LogP contribution < -0.4 is 0 Å². The third kappa shape index (κ3) is 2.89. The van der Waals surface area contributed by atoms with Gasteiger partial charge in [-0.25, -0.2) is 0 Å². The Morgan fingerprint density at radius 2 is 1.84 bits per heavy atom. The second-order valence-corrected chi connectivity index (χ2v) is 6.25. The molecule has 0 amide bonds. The van der Waals surface area contributed by atoms with Gasteiger partial charge in [-0.1, -0.05) is 51.8 Å². The molecule has 94 valence electrons. The lowest BCUT2D eigenvalue weighted by Crippen LogP contribution is -1.74. The molecule has 0 saturated heterocycles. The Balaban J connectivity index is 1.95. The van der Waals surface area contributed by atoms with Crippen molar-refractivity contribution in [2.75, 3.05) is 0 Å². The van der Waals surface area contributed by atoms with E-state index in [1.807, 2.05) is 42.5 Å². The van der Waals surface area contributed by atoms with Crippen LogP contribution in [0.1, 0.15) is 11.3 Å². The lowest BCUT2D eigenvalue weighted by molar-refractivity contribution is 1.54. The highest BCUT2D eigenvalue weighted by Gasteiger charge is 2.03. The van der Waals surface area contributed by atoms with E-state index in [9.17, 15) is 0 Å². The van der Waals surface area contributed by atoms with Crippen LogP contribution in [-0.4, -0.2) is 4.37 Å². The van der Waals surface area contributed by atoms with Crippen LogP contribution in [0, 0.1) is 0 Å². The van der Waals surface area contributed by atoms with E-state index in [0.717, 1.165) is 20.8 Å². The average molecular weight is 351 g/mol. The first kappa shape index (κ1) is 12.9. The highest BCUT2D eigenvalue weighted by molar-refractivity contribution is 9.10. The van der Waals surface area contributed by atoms with Gasteiger partial charge in [0.25, 0.3) is 0 Å². The Hall–Kier alpha value is -1.16. The van der Waals surface area contributed by atoms with Gasteiger partial charge in [0.2, 0.25) is 0 Å². The standard InChI is InChI=1S/C15H9BrClNS/c16-11-4-7-13-14(18-19-15(13)9-11)8-3-10-1-5-12(17)6-2-10/h1-9H. The van der Waals surface area contributed by atoms with Crippen LogP contribution in [0.5, 0.6) is 0 Å². The van der Waals surface area contributed by atoms with Crippen molar-refractivity contribution in [2.45, 2.75) is 0 Å². The molecule has 0 aliphatic carbocycles. The third-order valence-corrected chi connectivity index (χ3v) is 4.33. The van der Waals surface area contributed by atoms with Crippen molar-refractivity contribution in [1.82, 2.24) is 4.37 Å². The number of hydrogen-bond donors (Lipinski definition) is 0. The van der Waals surface area contributed by atoms with E-state index >= 15 is 0 Å². The van der Waals surface area contributed by atoms with E-state index < -0.39 is 0 Å². The topological polar surface area (TPSA) is 12.9 Å². The summed E-state index contributed by atoms with van der Waals surface area (Å²) in [6.45, 7) is 0. The summed E-state index contributed by atoms with van der Waals surface area (Å²) in [5.74, 6) is 0. The summed E-state index contributed by atoms with van der Waals surface area (Å²) in [5.41, 5.74) is 2.12. The number of hydrogen-bond acceptors (Lipinski definition) is 2. The fourth-order valence-corrected chi connectivity index (χ4v) is 3.25. The van der Waals surface area contributed by atoms with Gasteiger partial charge in [-0.15, -0.1) is 0 Å². The van der Waals surface area contributed by atoms with Gasteiger partial charge in [0, 0.05) is 14.9 Å². The SMILES string of the molecule is Clc1ccc(C=Cc2nsc3cc(Br)ccc23)cc1. The summed E-state index contributed by atoms with van der Waals surface area (Å²) in [4.78, 5) is 0. The van der Waals surface area contributed by atoms with E-state index in [4.69, 9.17) is 11.6 Å². The van der Waals surface area contributed by atoms with Gasteiger partial charge in [-0.05, 0) is 47.4 Å². The molecule has 0 saturated carbocycles. The minimum absolute atomic E-state index is 0.751. The Labute approximate surface area is 128 Å². The average Bonchev–Trinajstić information content (AvgIpc) is 2.80. The maximum Gasteiger partial charge on any atom is 0.0847 e. The number of aromatic nitrogens is 1. The molecule has 19 heavy (non-hydrogen) atoms. The Morgan fingerprint density at radius 3 is 2.63 bits per heavy atom. The Bertz CT molecular complexity index is 746. The summed E-state index contributed by atoms with van der Waals surface area (Å²) in [6.07, 6.45) is 4.09. The molecule has 1 aromatic heterocycles. The van der Waals surface area contributed by atoms with Crippen LogP contribution >= 0.6 is 39.1 Å². The maximum atomic E-state index is 5.87. The first-order valence-electron chi connectivity index (χ1n) is 5.71. The molecule has 0 aliphatic rings. The van der Waals surface area contributed by atoms with Gasteiger partial charge in [0.1, 0.15) is 0 Å². The molecular formula is C15H9BrClNS. The summed E-state index contributed by atoms with van der Waals surface area (Å²) in [7, 11) is 0. The van der Waals surface area contributed by atoms with E-state index in [2.05, 4.69) is 32.4 Å². The molecule has 0 spiro atoms. The van der Waals surface area contributed by atoms with Crippen molar-refractivity contribution in [3.8, 4) is 0 Å². The Morgan fingerprint density at radius 1 is 1.05 bits per heavy atom. The fraction of sp³-hybridized carbons (Fsp3) is 0. The molecule has 4 heteroatoms. The maximum absolute atomic E-state index is 5.87. The first-order chi connectivity index (χ1) is 9.22. The smallest absolute Gasteiger partial charge is 0.0847 e. The Kier molecular flexibility index (Phi) is 3.69. The van der Waals surface area contributed by atoms with Gasteiger partial charge in [0.15, 0.2) is 0 Å². The quantitative estimate of drug-likeness (QED) is 0.562. The zero-order valence-corrected chi connectivity index (χ0v) is 13.0. The van der Waals surface area contributed by atoms with Crippen molar-refractivity contribution in [3.63, 3.8) is 0 Å². The van der Waals surface area contributed by atoms with Crippen molar-refractivity contribution >= 4 is 61.3 Å². The van der Waals surface area contributed by atoms with Gasteiger partial charge in [0.05, 0.1) is 10.4 Å². The van der Waals surface area contributed by atoms with E-state index in [-0.39, 0.29) is 0 Å². The third-order valence-electron chi connectivity index (χ3n) is 2.77. The first-order valence-corrected chi connectivity index (χ1v) is 7.65. The van der Waals surface area contributed by atoms with Crippen LogP contribution in [-0.2, 0) is 0 Å². The van der Waals surface area contributed by atoms with Crippen LogP contribution in [0.3, 0.4) is 0 Å². The van der Waals surface area contributed by atoms with Gasteiger partial charge in [-0.3, -0.25) is 0 Å². The molecule has 0 aliphatic heterocycles. The van der Waals surface area contributed by atoms with E-state index in [1.165, 1.54) is 21.6 Å². The van der Waals surface area contributed by atoms with Crippen LogP contribution in [0.4, 0.5) is 0 Å². The number of benzene rings is 2. The summed E-state index contributed by atoms with van der Waals surface area (Å²) < 4.78 is 6.74. The van der Waals surface area contributed by atoms with Crippen LogP contribution in [0.25, 0.3) is 22.2 Å². The normalized spacial score (nSPS) is 11.5. The van der Waals surface area contributed by atoms with E-state index in [0.29, 0.717) is 0 Å². The van der Waals surface area contributed by atoms with Crippen molar-refractivity contribution in [2.24, 2.45) is 0 Å². The molecule has 0 atom stereocenters. The predicted octanol–water partition coefficient (Wildman–Crippen LogP) is 5.88. The minimum Gasteiger partial charge on any atom is -0.192 e. The van der Waals surface area contributed by atoms with Gasteiger partial charge in [-0.2, -0.15) is 4.37 Å². The van der Waals surface area contributed by atoms with Crippen molar-refractivity contribution in [3.05, 3.63) is 63.2 Å². The predicted molar refractivity (Wildman–Crippen MR) is 87.7 cm³/mol. The fourth-order valence-electron chi connectivity index (χ4n) is 1.80. The lowest BCUT2D eigenvalue weighted by atomic mass is 10.1. The molecule has 1 nitrogen and oxygen atoms in total. The summed E-state index contributed by atoms with van der Waals surface area (Å²) >= 11 is 10.9. The number of fused-ring (bicyclic) bond motifs is 1. The largest absolute Gasteiger partial charge is 0.192 e. The summed E-state index contributed by atoms with van der Waals surface area (Å²) in [6, 6.07) is 14.0. The van der Waals surface area contributed by atoms with Crippen molar-refractivity contribution < 1.29 is 0 Å².